The smallest absolute Gasteiger partial charge is 0.326 e. The van der Waals surface area contributed by atoms with Crippen molar-refractivity contribution in [2.45, 2.75) is 51.2 Å². The first-order chi connectivity index (χ1) is 10.3. The molecule has 3 unspecified atom stereocenters. The van der Waals surface area contributed by atoms with Crippen LogP contribution in [-0.2, 0) is 14.4 Å². The minimum absolute atomic E-state index is 0.139. The summed E-state index contributed by atoms with van der Waals surface area (Å²) in [4.78, 5) is 37.1. The standard InChI is InChI=1S/C14H25N3O4S/c1-8(2)6-10(14(20)21)16-12(18)11-4-3-5-17(11)13(19)9(15)7-22/h8-11,22H,3-7,15H2,1-2H3,(H,16,18)(H,20,21). The van der Waals surface area contributed by atoms with Crippen LogP contribution < -0.4 is 11.1 Å². The summed E-state index contributed by atoms with van der Waals surface area (Å²) in [5.74, 6) is -1.46. The molecular weight excluding hydrogens is 306 g/mol. The van der Waals surface area contributed by atoms with E-state index >= 15 is 0 Å². The number of nitrogens with two attached hydrogens (primary N) is 1. The molecule has 4 N–H and O–H groups in total. The Morgan fingerprint density at radius 2 is 2.05 bits per heavy atom. The van der Waals surface area contributed by atoms with Gasteiger partial charge in [0.05, 0.1) is 6.04 Å². The lowest BCUT2D eigenvalue weighted by Crippen LogP contribution is -2.54. The molecule has 0 saturated carbocycles. The second kappa shape index (κ2) is 8.38. The van der Waals surface area contributed by atoms with Crippen molar-refractivity contribution in [3.05, 3.63) is 0 Å². The van der Waals surface area contributed by atoms with E-state index in [0.29, 0.717) is 25.8 Å². The first-order valence-electron chi connectivity index (χ1n) is 7.48. The molecule has 1 rings (SSSR count). The van der Waals surface area contributed by atoms with Crippen molar-refractivity contribution in [1.29, 1.82) is 0 Å². The maximum atomic E-state index is 12.3. The van der Waals surface area contributed by atoms with Crippen molar-refractivity contribution in [3.8, 4) is 0 Å². The van der Waals surface area contributed by atoms with Crippen LogP contribution >= 0.6 is 12.6 Å². The lowest BCUT2D eigenvalue weighted by molar-refractivity contribution is -0.144. The number of carbonyl (C=O) groups is 3. The van der Waals surface area contributed by atoms with Gasteiger partial charge in [0.25, 0.3) is 0 Å². The van der Waals surface area contributed by atoms with Gasteiger partial charge in [0.15, 0.2) is 0 Å². The number of hydrogen-bond donors (Lipinski definition) is 4. The molecule has 0 aromatic rings. The molecule has 3 atom stereocenters. The van der Waals surface area contributed by atoms with E-state index in [9.17, 15) is 19.5 Å². The zero-order valence-corrected chi connectivity index (χ0v) is 13.9. The highest BCUT2D eigenvalue weighted by molar-refractivity contribution is 7.80. The second-order valence-corrected chi connectivity index (χ2v) is 6.37. The van der Waals surface area contributed by atoms with Crippen molar-refractivity contribution in [3.63, 3.8) is 0 Å². The van der Waals surface area contributed by atoms with Crippen LogP contribution in [0.4, 0.5) is 0 Å². The number of aliphatic carboxylic acids is 1. The highest BCUT2D eigenvalue weighted by Crippen LogP contribution is 2.19. The number of rotatable bonds is 7. The lowest BCUT2D eigenvalue weighted by atomic mass is 10.0. The topological polar surface area (TPSA) is 113 Å². The monoisotopic (exact) mass is 331 g/mol. The largest absolute Gasteiger partial charge is 0.480 e. The van der Waals surface area contributed by atoms with Gasteiger partial charge in [-0.3, -0.25) is 9.59 Å². The third kappa shape index (κ3) is 4.88. The summed E-state index contributed by atoms with van der Waals surface area (Å²) in [5.41, 5.74) is 5.68. The third-order valence-corrected chi connectivity index (χ3v) is 4.07. The summed E-state index contributed by atoms with van der Waals surface area (Å²) in [6.45, 7) is 4.23. The molecule has 0 aromatic heterocycles. The van der Waals surface area contributed by atoms with Crippen LogP contribution in [0.3, 0.4) is 0 Å². The third-order valence-electron chi connectivity index (χ3n) is 3.67. The summed E-state index contributed by atoms with van der Waals surface area (Å²) in [6, 6.07) is -2.33. The first kappa shape index (κ1) is 18.8. The fraction of sp³-hybridized carbons (Fsp3) is 0.786. The van der Waals surface area contributed by atoms with Gasteiger partial charge in [-0.05, 0) is 25.2 Å². The van der Waals surface area contributed by atoms with E-state index in [2.05, 4.69) is 17.9 Å². The molecule has 8 heteroatoms. The lowest BCUT2D eigenvalue weighted by Gasteiger charge is -2.27. The number of hydrogen-bond acceptors (Lipinski definition) is 5. The molecule has 2 amide bonds. The van der Waals surface area contributed by atoms with Gasteiger partial charge in [0.2, 0.25) is 11.8 Å². The van der Waals surface area contributed by atoms with Crippen LogP contribution in [0.1, 0.15) is 33.1 Å². The van der Waals surface area contributed by atoms with E-state index in [1.54, 1.807) is 0 Å². The van der Waals surface area contributed by atoms with Crippen LogP contribution in [0.5, 0.6) is 0 Å². The minimum atomic E-state index is -1.06. The van der Waals surface area contributed by atoms with Crippen molar-refractivity contribution in [2.24, 2.45) is 11.7 Å². The molecule has 0 spiro atoms. The van der Waals surface area contributed by atoms with E-state index in [1.807, 2.05) is 13.8 Å². The fourth-order valence-corrected chi connectivity index (χ4v) is 2.71. The number of carbonyl (C=O) groups excluding carboxylic acids is 2. The van der Waals surface area contributed by atoms with Gasteiger partial charge in [-0.15, -0.1) is 0 Å². The maximum Gasteiger partial charge on any atom is 0.326 e. The number of thiol groups is 1. The molecule has 0 radical (unpaired) electrons. The van der Waals surface area contributed by atoms with Gasteiger partial charge >= 0.3 is 5.97 Å². The van der Waals surface area contributed by atoms with Crippen molar-refractivity contribution >= 4 is 30.4 Å². The van der Waals surface area contributed by atoms with Crippen LogP contribution in [0.25, 0.3) is 0 Å². The quantitative estimate of drug-likeness (QED) is 0.485. The highest BCUT2D eigenvalue weighted by Gasteiger charge is 2.37. The number of carboxylic acids is 1. The summed E-state index contributed by atoms with van der Waals surface area (Å²) in [7, 11) is 0. The normalized spacial score (nSPS) is 20.8. The molecule has 1 saturated heterocycles. The van der Waals surface area contributed by atoms with Gasteiger partial charge in [-0.25, -0.2) is 4.79 Å². The summed E-state index contributed by atoms with van der Waals surface area (Å²) < 4.78 is 0. The summed E-state index contributed by atoms with van der Waals surface area (Å²) >= 11 is 4.00. The molecule has 22 heavy (non-hydrogen) atoms. The van der Waals surface area contributed by atoms with Crippen LogP contribution in [0, 0.1) is 5.92 Å². The van der Waals surface area contributed by atoms with Gasteiger partial charge in [-0.1, -0.05) is 13.8 Å². The molecule has 126 valence electrons. The Bertz CT molecular complexity index is 430. The Balaban J connectivity index is 2.74. The molecule has 1 aliphatic rings. The molecule has 1 aliphatic heterocycles. The van der Waals surface area contributed by atoms with Crippen LogP contribution in [-0.4, -0.2) is 58.2 Å². The van der Waals surface area contributed by atoms with E-state index in [4.69, 9.17) is 5.73 Å². The van der Waals surface area contributed by atoms with Gasteiger partial charge < -0.3 is 21.1 Å². The zero-order valence-electron chi connectivity index (χ0n) is 13.0. The predicted molar refractivity (Wildman–Crippen MR) is 85.6 cm³/mol. The number of likely N-dealkylation sites (tertiary alicyclic amines) is 1. The van der Waals surface area contributed by atoms with E-state index in [0.717, 1.165) is 0 Å². The Kier molecular flexibility index (Phi) is 7.15. The fourth-order valence-electron chi connectivity index (χ4n) is 2.55. The highest BCUT2D eigenvalue weighted by atomic mass is 32.1. The minimum Gasteiger partial charge on any atom is -0.480 e. The molecule has 7 nitrogen and oxygen atoms in total. The van der Waals surface area contributed by atoms with E-state index in [1.165, 1.54) is 4.90 Å². The van der Waals surface area contributed by atoms with Gasteiger partial charge in [0, 0.05) is 12.3 Å². The van der Waals surface area contributed by atoms with Crippen LogP contribution in [0.15, 0.2) is 0 Å². The Hall–Kier alpha value is -1.28. The Labute approximate surface area is 136 Å². The average Bonchev–Trinajstić information content (AvgIpc) is 2.93. The van der Waals surface area contributed by atoms with Crippen molar-refractivity contribution < 1.29 is 19.5 Å². The Morgan fingerprint density at radius 1 is 1.41 bits per heavy atom. The predicted octanol–water partition coefficient (Wildman–Crippen LogP) is -0.150. The first-order valence-corrected chi connectivity index (χ1v) is 8.11. The SMILES string of the molecule is CC(C)CC(NC(=O)C1CCCN1C(=O)C(N)CS)C(=O)O. The van der Waals surface area contributed by atoms with Crippen molar-refractivity contribution in [2.75, 3.05) is 12.3 Å². The average molecular weight is 331 g/mol. The molecule has 1 heterocycles. The number of nitrogens with zero attached hydrogens (tertiary/aromatic N) is 1. The van der Waals surface area contributed by atoms with Gasteiger partial charge in [0.1, 0.15) is 12.1 Å². The van der Waals surface area contributed by atoms with Crippen molar-refractivity contribution in [1.82, 2.24) is 10.2 Å². The Morgan fingerprint density at radius 3 is 2.55 bits per heavy atom. The zero-order chi connectivity index (χ0) is 16.9. The van der Waals surface area contributed by atoms with Crippen LogP contribution in [0.2, 0.25) is 0 Å². The summed E-state index contributed by atoms with van der Waals surface area (Å²) in [5, 5.41) is 11.7. The molecule has 1 fully saturated rings. The molecular formula is C14H25N3O4S. The molecule has 0 bridgehead atoms. The van der Waals surface area contributed by atoms with E-state index in [-0.39, 0.29) is 17.6 Å². The number of carboxylic acid groups (broad SMARTS) is 1. The maximum absolute atomic E-state index is 12.3. The summed E-state index contributed by atoms with van der Waals surface area (Å²) in [6.07, 6.45) is 1.56. The molecule has 0 aliphatic carbocycles. The number of amides is 2. The number of nitrogens with one attached hydrogen (secondary N) is 1. The molecule has 0 aromatic carbocycles. The van der Waals surface area contributed by atoms with E-state index < -0.39 is 30.0 Å². The van der Waals surface area contributed by atoms with Gasteiger partial charge in [-0.2, -0.15) is 12.6 Å². The second-order valence-electron chi connectivity index (χ2n) is 6.01.